The zero-order chi connectivity index (χ0) is 22.7. The van der Waals surface area contributed by atoms with Gasteiger partial charge in [0.15, 0.2) is 0 Å². The van der Waals surface area contributed by atoms with Crippen molar-refractivity contribution in [3.8, 4) is 0 Å². The molecule has 2 aromatic carbocycles. The second-order valence-electron chi connectivity index (χ2n) is 8.36. The highest BCUT2D eigenvalue weighted by atomic mass is 35.5. The van der Waals surface area contributed by atoms with Crippen LogP contribution >= 0.6 is 22.9 Å². The summed E-state index contributed by atoms with van der Waals surface area (Å²) in [5, 5.41) is 4.21. The fraction of sp³-hybridized carbons (Fsp3) is 0.308. The lowest BCUT2D eigenvalue weighted by atomic mass is 9.83. The SMILES string of the molecule is CC(C)OC(=O)c1c(NC(=O)Cc2ccc(Cl)cc2)sc2c1CCC(c1ccccc1)C2. The molecule has 0 bridgehead atoms. The van der Waals surface area contributed by atoms with E-state index in [0.29, 0.717) is 21.5 Å². The highest BCUT2D eigenvalue weighted by molar-refractivity contribution is 7.17. The molecule has 0 saturated carbocycles. The summed E-state index contributed by atoms with van der Waals surface area (Å²) in [6.07, 6.45) is 2.61. The van der Waals surface area contributed by atoms with Gasteiger partial charge in [-0.2, -0.15) is 0 Å². The quantitative estimate of drug-likeness (QED) is 0.425. The van der Waals surface area contributed by atoms with E-state index < -0.39 is 0 Å². The van der Waals surface area contributed by atoms with E-state index in [1.54, 1.807) is 12.1 Å². The minimum absolute atomic E-state index is 0.163. The van der Waals surface area contributed by atoms with Gasteiger partial charge in [0.1, 0.15) is 5.00 Å². The van der Waals surface area contributed by atoms with Crippen molar-refractivity contribution in [2.24, 2.45) is 0 Å². The van der Waals surface area contributed by atoms with Gasteiger partial charge in [0.2, 0.25) is 5.91 Å². The first-order valence-electron chi connectivity index (χ1n) is 10.9. The molecule has 3 aromatic rings. The van der Waals surface area contributed by atoms with E-state index in [4.69, 9.17) is 16.3 Å². The predicted octanol–water partition coefficient (Wildman–Crippen LogP) is 6.42. The molecule has 6 heteroatoms. The van der Waals surface area contributed by atoms with Crippen molar-refractivity contribution in [1.82, 2.24) is 0 Å². The summed E-state index contributed by atoms with van der Waals surface area (Å²) in [4.78, 5) is 26.9. The van der Waals surface area contributed by atoms with Crippen LogP contribution in [0.1, 0.15) is 58.1 Å². The number of fused-ring (bicyclic) bond motifs is 1. The lowest BCUT2D eigenvalue weighted by Crippen LogP contribution is -2.19. The number of halogens is 1. The Morgan fingerprint density at radius 3 is 2.53 bits per heavy atom. The number of hydrogen-bond donors (Lipinski definition) is 1. The summed E-state index contributed by atoms with van der Waals surface area (Å²) in [6, 6.07) is 17.7. The number of hydrogen-bond acceptors (Lipinski definition) is 4. The molecular weight excluding hydrogens is 442 g/mol. The molecule has 1 aliphatic rings. The molecular formula is C26H26ClNO3S. The largest absolute Gasteiger partial charge is 0.459 e. The van der Waals surface area contributed by atoms with E-state index in [-0.39, 0.29) is 24.4 Å². The third-order valence-electron chi connectivity index (χ3n) is 5.61. The molecule has 1 amide bonds. The molecule has 0 fully saturated rings. The lowest BCUT2D eigenvalue weighted by molar-refractivity contribution is -0.115. The Hall–Kier alpha value is -2.63. The standard InChI is InChI=1S/C26H26ClNO3S/c1-16(2)31-26(30)24-21-13-10-19(18-6-4-3-5-7-18)15-22(21)32-25(24)28-23(29)14-17-8-11-20(27)12-9-17/h3-9,11-12,16,19H,10,13-15H2,1-2H3,(H,28,29). The van der Waals surface area contributed by atoms with Crippen molar-refractivity contribution < 1.29 is 14.3 Å². The minimum atomic E-state index is -0.363. The van der Waals surface area contributed by atoms with Gasteiger partial charge in [-0.25, -0.2) is 4.79 Å². The second-order valence-corrected chi connectivity index (χ2v) is 9.91. The molecule has 0 radical (unpaired) electrons. The van der Waals surface area contributed by atoms with Gasteiger partial charge in [0, 0.05) is 9.90 Å². The number of ether oxygens (including phenoxy) is 1. The van der Waals surface area contributed by atoms with E-state index >= 15 is 0 Å². The Balaban J connectivity index is 1.59. The molecule has 0 aliphatic heterocycles. The minimum Gasteiger partial charge on any atom is -0.459 e. The third-order valence-corrected chi connectivity index (χ3v) is 7.04. The van der Waals surface area contributed by atoms with Crippen molar-refractivity contribution >= 4 is 39.8 Å². The summed E-state index contributed by atoms with van der Waals surface area (Å²) in [5.41, 5.74) is 3.72. The molecule has 1 atom stereocenters. The lowest BCUT2D eigenvalue weighted by Gasteiger charge is -2.23. The number of rotatable bonds is 6. The average Bonchev–Trinajstić information content (AvgIpc) is 3.12. The topological polar surface area (TPSA) is 55.4 Å². The van der Waals surface area contributed by atoms with E-state index in [9.17, 15) is 9.59 Å². The first-order chi connectivity index (χ1) is 15.4. The van der Waals surface area contributed by atoms with Crippen LogP contribution in [0, 0.1) is 0 Å². The number of esters is 1. The third kappa shape index (κ3) is 5.22. The van der Waals surface area contributed by atoms with Crippen molar-refractivity contribution in [1.29, 1.82) is 0 Å². The molecule has 0 spiro atoms. The maximum atomic E-state index is 13.0. The Kier molecular flexibility index (Phi) is 6.97. The van der Waals surface area contributed by atoms with Crippen LogP contribution in [0.2, 0.25) is 5.02 Å². The monoisotopic (exact) mass is 467 g/mol. The van der Waals surface area contributed by atoms with Crippen LogP contribution < -0.4 is 5.32 Å². The Morgan fingerprint density at radius 1 is 1.12 bits per heavy atom. The molecule has 1 heterocycles. The summed E-state index contributed by atoms with van der Waals surface area (Å²) < 4.78 is 5.53. The van der Waals surface area contributed by atoms with Crippen molar-refractivity contribution in [2.45, 2.75) is 51.6 Å². The second kappa shape index (κ2) is 9.88. The molecule has 1 unspecified atom stereocenters. The fourth-order valence-corrected chi connectivity index (χ4v) is 5.59. The van der Waals surface area contributed by atoms with Crippen LogP contribution in [0.4, 0.5) is 5.00 Å². The number of carbonyl (C=O) groups excluding carboxylic acids is 2. The number of benzene rings is 2. The fourth-order valence-electron chi connectivity index (χ4n) is 4.13. The number of carbonyl (C=O) groups is 2. The number of anilines is 1. The molecule has 32 heavy (non-hydrogen) atoms. The van der Waals surface area contributed by atoms with Crippen molar-refractivity contribution in [3.05, 3.63) is 86.8 Å². The van der Waals surface area contributed by atoms with Gasteiger partial charge in [0.05, 0.1) is 18.1 Å². The van der Waals surface area contributed by atoms with Gasteiger partial charge in [-0.3, -0.25) is 4.79 Å². The van der Waals surface area contributed by atoms with Gasteiger partial charge in [-0.15, -0.1) is 11.3 Å². The molecule has 0 saturated heterocycles. The Bertz CT molecular complexity index is 1110. The zero-order valence-electron chi connectivity index (χ0n) is 18.2. The van der Waals surface area contributed by atoms with Crippen LogP contribution in [0.25, 0.3) is 0 Å². The summed E-state index contributed by atoms with van der Waals surface area (Å²) in [5.74, 6) is -0.115. The summed E-state index contributed by atoms with van der Waals surface area (Å²) in [6.45, 7) is 3.67. The summed E-state index contributed by atoms with van der Waals surface area (Å²) in [7, 11) is 0. The number of nitrogens with one attached hydrogen (secondary N) is 1. The zero-order valence-corrected chi connectivity index (χ0v) is 19.8. The molecule has 166 valence electrons. The van der Waals surface area contributed by atoms with Crippen LogP contribution in [0.3, 0.4) is 0 Å². The molecule has 4 rings (SSSR count). The number of amides is 1. The molecule has 1 aromatic heterocycles. The van der Waals surface area contributed by atoms with Crippen LogP contribution in [-0.4, -0.2) is 18.0 Å². The number of thiophene rings is 1. The van der Waals surface area contributed by atoms with E-state index in [0.717, 1.165) is 35.3 Å². The van der Waals surface area contributed by atoms with E-state index in [2.05, 4.69) is 29.6 Å². The normalized spacial score (nSPS) is 15.3. The molecule has 1 N–H and O–H groups in total. The van der Waals surface area contributed by atoms with Crippen molar-refractivity contribution in [2.75, 3.05) is 5.32 Å². The Labute approximate surface area is 197 Å². The van der Waals surface area contributed by atoms with Crippen LogP contribution in [-0.2, 0) is 28.8 Å². The van der Waals surface area contributed by atoms with Gasteiger partial charge >= 0.3 is 5.97 Å². The maximum Gasteiger partial charge on any atom is 0.341 e. The van der Waals surface area contributed by atoms with Gasteiger partial charge in [-0.1, -0.05) is 54.1 Å². The van der Waals surface area contributed by atoms with E-state index in [1.807, 2.05) is 32.0 Å². The van der Waals surface area contributed by atoms with Crippen LogP contribution in [0.5, 0.6) is 0 Å². The van der Waals surface area contributed by atoms with Gasteiger partial charge in [0.25, 0.3) is 0 Å². The smallest absolute Gasteiger partial charge is 0.341 e. The highest BCUT2D eigenvalue weighted by Gasteiger charge is 2.31. The highest BCUT2D eigenvalue weighted by Crippen LogP contribution is 2.43. The predicted molar refractivity (Wildman–Crippen MR) is 130 cm³/mol. The summed E-state index contributed by atoms with van der Waals surface area (Å²) >= 11 is 7.44. The maximum absolute atomic E-state index is 13.0. The van der Waals surface area contributed by atoms with Gasteiger partial charge in [-0.05, 0) is 67.9 Å². The van der Waals surface area contributed by atoms with Crippen LogP contribution in [0.15, 0.2) is 54.6 Å². The average molecular weight is 468 g/mol. The van der Waals surface area contributed by atoms with Gasteiger partial charge < -0.3 is 10.1 Å². The molecule has 1 aliphatic carbocycles. The Morgan fingerprint density at radius 2 is 1.84 bits per heavy atom. The first-order valence-corrected chi connectivity index (χ1v) is 12.0. The first kappa shape index (κ1) is 22.6. The van der Waals surface area contributed by atoms with E-state index in [1.165, 1.54) is 16.9 Å². The molecule has 4 nitrogen and oxygen atoms in total. The van der Waals surface area contributed by atoms with Crippen molar-refractivity contribution in [3.63, 3.8) is 0 Å².